The summed E-state index contributed by atoms with van der Waals surface area (Å²) in [6.07, 6.45) is 9.35. The second-order valence-corrected chi connectivity index (χ2v) is 5.65. The quantitative estimate of drug-likeness (QED) is 0.696. The van der Waals surface area contributed by atoms with E-state index in [4.69, 9.17) is 5.73 Å². The highest BCUT2D eigenvalue weighted by atomic mass is 15.1. The first-order valence-electron chi connectivity index (χ1n) is 7.17. The van der Waals surface area contributed by atoms with E-state index >= 15 is 0 Å². The second kappa shape index (κ2) is 6.34. The van der Waals surface area contributed by atoms with Gasteiger partial charge in [-0.15, -0.1) is 0 Å². The molecular formula is C14H26N4. The largest absolute Gasteiger partial charge is 0.331 e. The molecule has 3 N–H and O–H groups in total. The van der Waals surface area contributed by atoms with Crippen LogP contribution < -0.4 is 11.1 Å². The molecule has 0 bridgehead atoms. The van der Waals surface area contributed by atoms with E-state index in [9.17, 15) is 0 Å². The summed E-state index contributed by atoms with van der Waals surface area (Å²) in [4.78, 5) is 4.25. The molecular weight excluding hydrogens is 224 g/mol. The van der Waals surface area contributed by atoms with E-state index in [0.29, 0.717) is 12.6 Å². The van der Waals surface area contributed by atoms with Crippen molar-refractivity contribution >= 4 is 0 Å². The Bertz CT molecular complexity index is 354. The van der Waals surface area contributed by atoms with Crippen LogP contribution in [0.2, 0.25) is 0 Å². The Balaban J connectivity index is 1.83. The van der Waals surface area contributed by atoms with Crippen molar-refractivity contribution in [3.63, 3.8) is 0 Å². The number of imidazole rings is 1. The van der Waals surface area contributed by atoms with Crippen LogP contribution in [0, 0.1) is 5.92 Å². The maximum absolute atomic E-state index is 5.88. The van der Waals surface area contributed by atoms with Gasteiger partial charge in [-0.2, -0.15) is 0 Å². The minimum atomic E-state index is 0.231. The fourth-order valence-electron chi connectivity index (χ4n) is 2.40. The van der Waals surface area contributed by atoms with Crippen molar-refractivity contribution in [1.29, 1.82) is 0 Å². The van der Waals surface area contributed by atoms with Gasteiger partial charge in [0.15, 0.2) is 0 Å². The molecule has 0 radical (unpaired) electrons. The molecule has 0 spiro atoms. The summed E-state index contributed by atoms with van der Waals surface area (Å²) in [6.45, 7) is 6.03. The van der Waals surface area contributed by atoms with Crippen molar-refractivity contribution in [1.82, 2.24) is 14.9 Å². The molecule has 1 saturated carbocycles. The smallest absolute Gasteiger partial charge is 0.0951 e. The number of aromatic nitrogens is 2. The monoisotopic (exact) mass is 250 g/mol. The van der Waals surface area contributed by atoms with Crippen LogP contribution in [0.5, 0.6) is 0 Å². The maximum atomic E-state index is 5.88. The Morgan fingerprint density at radius 3 is 2.89 bits per heavy atom. The lowest BCUT2D eigenvalue weighted by Crippen LogP contribution is -2.31. The maximum Gasteiger partial charge on any atom is 0.0951 e. The SMILES string of the molecule is CC(C)n1cncc1C(CN)NCCCC1CC1. The van der Waals surface area contributed by atoms with Gasteiger partial charge in [0.25, 0.3) is 0 Å². The van der Waals surface area contributed by atoms with Gasteiger partial charge in [-0.25, -0.2) is 4.98 Å². The number of hydrogen-bond acceptors (Lipinski definition) is 3. The normalized spacial score (nSPS) is 17.3. The highest BCUT2D eigenvalue weighted by Gasteiger charge is 2.20. The predicted molar refractivity (Wildman–Crippen MR) is 74.4 cm³/mol. The molecule has 1 aliphatic rings. The van der Waals surface area contributed by atoms with Crippen molar-refractivity contribution in [2.24, 2.45) is 11.7 Å². The Kier molecular flexibility index (Phi) is 4.78. The minimum Gasteiger partial charge on any atom is -0.331 e. The van der Waals surface area contributed by atoms with Crippen molar-refractivity contribution in [3.05, 3.63) is 18.2 Å². The third-order valence-corrected chi connectivity index (χ3v) is 3.72. The van der Waals surface area contributed by atoms with E-state index in [-0.39, 0.29) is 6.04 Å². The number of nitrogens with two attached hydrogens (primary N) is 1. The van der Waals surface area contributed by atoms with Gasteiger partial charge in [0.2, 0.25) is 0 Å². The Labute approximate surface area is 110 Å². The van der Waals surface area contributed by atoms with Crippen LogP contribution >= 0.6 is 0 Å². The summed E-state index contributed by atoms with van der Waals surface area (Å²) >= 11 is 0. The highest BCUT2D eigenvalue weighted by molar-refractivity contribution is 5.07. The van der Waals surface area contributed by atoms with Crippen molar-refractivity contribution in [2.45, 2.75) is 51.6 Å². The zero-order chi connectivity index (χ0) is 13.0. The Morgan fingerprint density at radius 2 is 2.28 bits per heavy atom. The van der Waals surface area contributed by atoms with Crippen LogP contribution in [0.4, 0.5) is 0 Å². The van der Waals surface area contributed by atoms with E-state index in [1.807, 2.05) is 12.5 Å². The molecule has 0 aliphatic heterocycles. The average molecular weight is 250 g/mol. The van der Waals surface area contributed by atoms with Gasteiger partial charge in [-0.3, -0.25) is 0 Å². The first-order chi connectivity index (χ1) is 8.72. The summed E-state index contributed by atoms with van der Waals surface area (Å²) in [5, 5.41) is 3.56. The molecule has 18 heavy (non-hydrogen) atoms. The first-order valence-corrected chi connectivity index (χ1v) is 7.17. The molecule has 1 atom stereocenters. The minimum absolute atomic E-state index is 0.231. The number of nitrogens with zero attached hydrogens (tertiary/aromatic N) is 2. The number of hydrogen-bond donors (Lipinski definition) is 2. The average Bonchev–Trinajstić information content (AvgIpc) is 3.04. The molecule has 102 valence electrons. The van der Waals surface area contributed by atoms with E-state index in [1.54, 1.807) is 0 Å². The molecule has 1 aromatic heterocycles. The first kappa shape index (κ1) is 13.6. The summed E-state index contributed by atoms with van der Waals surface area (Å²) in [6, 6.07) is 0.666. The van der Waals surface area contributed by atoms with Gasteiger partial charge >= 0.3 is 0 Å². The van der Waals surface area contributed by atoms with Gasteiger partial charge in [0, 0.05) is 18.8 Å². The van der Waals surface area contributed by atoms with Gasteiger partial charge < -0.3 is 15.6 Å². The Hall–Kier alpha value is -0.870. The molecule has 1 aromatic rings. The summed E-state index contributed by atoms with van der Waals surface area (Å²) in [7, 11) is 0. The molecule has 4 heteroatoms. The molecule has 1 heterocycles. The number of rotatable bonds is 8. The van der Waals surface area contributed by atoms with Crippen LogP contribution in [-0.2, 0) is 0 Å². The fourth-order valence-corrected chi connectivity index (χ4v) is 2.40. The predicted octanol–water partition coefficient (Wildman–Crippen LogP) is 2.24. The van der Waals surface area contributed by atoms with Gasteiger partial charge in [-0.1, -0.05) is 12.8 Å². The van der Waals surface area contributed by atoms with Crippen LogP contribution in [0.25, 0.3) is 0 Å². The van der Waals surface area contributed by atoms with Crippen LogP contribution in [0.15, 0.2) is 12.5 Å². The van der Waals surface area contributed by atoms with E-state index < -0.39 is 0 Å². The fraction of sp³-hybridized carbons (Fsp3) is 0.786. The standard InChI is InChI=1S/C14H26N4/c1-11(2)18-10-16-9-14(18)13(8-15)17-7-3-4-12-5-6-12/h9-13,17H,3-8,15H2,1-2H3. The van der Waals surface area contributed by atoms with Crippen LogP contribution in [0.1, 0.15) is 57.3 Å². The zero-order valence-electron chi connectivity index (χ0n) is 11.6. The summed E-state index contributed by atoms with van der Waals surface area (Å²) in [5.74, 6) is 1.02. The molecule has 0 amide bonds. The van der Waals surface area contributed by atoms with Gasteiger partial charge in [0.05, 0.1) is 18.1 Å². The van der Waals surface area contributed by atoms with E-state index in [0.717, 1.165) is 12.5 Å². The second-order valence-electron chi connectivity index (χ2n) is 5.65. The number of nitrogens with one attached hydrogen (secondary N) is 1. The third kappa shape index (κ3) is 3.56. The lowest BCUT2D eigenvalue weighted by molar-refractivity contribution is 0.466. The molecule has 0 saturated heterocycles. The molecule has 1 fully saturated rings. The Morgan fingerprint density at radius 1 is 1.50 bits per heavy atom. The molecule has 4 nitrogen and oxygen atoms in total. The lowest BCUT2D eigenvalue weighted by Gasteiger charge is -2.20. The van der Waals surface area contributed by atoms with E-state index in [1.165, 1.54) is 31.4 Å². The highest BCUT2D eigenvalue weighted by Crippen LogP contribution is 2.33. The van der Waals surface area contributed by atoms with Crippen LogP contribution in [-0.4, -0.2) is 22.6 Å². The summed E-state index contributed by atoms with van der Waals surface area (Å²) in [5.41, 5.74) is 7.09. The van der Waals surface area contributed by atoms with Crippen molar-refractivity contribution in [3.8, 4) is 0 Å². The van der Waals surface area contributed by atoms with Crippen molar-refractivity contribution in [2.75, 3.05) is 13.1 Å². The zero-order valence-corrected chi connectivity index (χ0v) is 11.6. The molecule has 1 unspecified atom stereocenters. The van der Waals surface area contributed by atoms with E-state index in [2.05, 4.69) is 28.7 Å². The third-order valence-electron chi connectivity index (χ3n) is 3.72. The topological polar surface area (TPSA) is 55.9 Å². The molecule has 1 aliphatic carbocycles. The molecule has 0 aromatic carbocycles. The van der Waals surface area contributed by atoms with Crippen molar-refractivity contribution < 1.29 is 0 Å². The van der Waals surface area contributed by atoms with Crippen LogP contribution in [0.3, 0.4) is 0 Å². The lowest BCUT2D eigenvalue weighted by atomic mass is 10.1. The molecule has 2 rings (SSSR count). The van der Waals surface area contributed by atoms with Gasteiger partial charge in [0.1, 0.15) is 0 Å². The van der Waals surface area contributed by atoms with Gasteiger partial charge in [-0.05, 0) is 39.2 Å². The summed E-state index contributed by atoms with van der Waals surface area (Å²) < 4.78 is 2.20.